The molecule has 1 rings (SSSR count). The molecule has 92 valence electrons. The first-order valence-electron chi connectivity index (χ1n) is 5.18. The summed E-state index contributed by atoms with van der Waals surface area (Å²) in [5.41, 5.74) is 5.14. The molecule has 1 amide bonds. The van der Waals surface area contributed by atoms with Crippen molar-refractivity contribution in [2.24, 2.45) is 5.73 Å². The fourth-order valence-corrected chi connectivity index (χ4v) is 2.77. The summed E-state index contributed by atoms with van der Waals surface area (Å²) in [6.45, 7) is 6.18. The smallest absolute Gasteiger partial charge is 0.410 e. The average molecular weight is 262 g/mol. The van der Waals surface area contributed by atoms with Crippen molar-refractivity contribution in [1.29, 1.82) is 0 Å². The van der Waals surface area contributed by atoms with Crippen molar-refractivity contribution in [2.75, 3.05) is 18.1 Å². The molecule has 0 aromatic heterocycles. The predicted molar refractivity (Wildman–Crippen MR) is 70.8 cm³/mol. The van der Waals surface area contributed by atoms with Crippen molar-refractivity contribution in [1.82, 2.24) is 4.90 Å². The van der Waals surface area contributed by atoms with Gasteiger partial charge >= 0.3 is 6.09 Å². The molecule has 0 aromatic rings. The van der Waals surface area contributed by atoms with Crippen LogP contribution in [-0.2, 0) is 4.74 Å². The first kappa shape index (κ1) is 13.6. The Bertz CT molecular complexity index is 289. The lowest BCUT2D eigenvalue weighted by molar-refractivity contribution is 0.0235. The molecular formula is C10H18N2O2S2. The van der Waals surface area contributed by atoms with Gasteiger partial charge in [-0.25, -0.2) is 4.79 Å². The molecule has 0 radical (unpaired) electrons. The fourth-order valence-electron chi connectivity index (χ4n) is 1.38. The average Bonchev–Trinajstić information content (AvgIpc) is 2.15. The molecule has 0 spiro atoms. The number of carbonyl (C=O) groups excluding carboxylic acids is 1. The number of thiocarbonyl (C=S) groups is 1. The summed E-state index contributed by atoms with van der Waals surface area (Å²) in [5.74, 6) is 1.66. The van der Waals surface area contributed by atoms with Crippen molar-refractivity contribution in [3.63, 3.8) is 0 Å². The Morgan fingerprint density at radius 1 is 1.56 bits per heavy atom. The Balaban J connectivity index is 2.68. The summed E-state index contributed by atoms with van der Waals surface area (Å²) in [6.07, 6.45) is -0.328. The first-order chi connectivity index (χ1) is 7.31. The lowest BCUT2D eigenvalue weighted by atomic mass is 10.2. The molecule has 2 N–H and O–H groups in total. The Morgan fingerprint density at radius 2 is 2.19 bits per heavy atom. The Labute approximate surface area is 106 Å². The van der Waals surface area contributed by atoms with E-state index in [4.69, 9.17) is 22.7 Å². The summed E-state index contributed by atoms with van der Waals surface area (Å²) in [6, 6.07) is -0.177. The molecule has 4 nitrogen and oxygen atoms in total. The van der Waals surface area contributed by atoms with E-state index in [0.717, 1.165) is 11.5 Å². The minimum absolute atomic E-state index is 0.177. The van der Waals surface area contributed by atoms with Crippen LogP contribution in [0.25, 0.3) is 0 Å². The van der Waals surface area contributed by atoms with Gasteiger partial charge in [-0.2, -0.15) is 11.8 Å². The number of carbonyl (C=O) groups is 1. The second kappa shape index (κ2) is 5.23. The van der Waals surface area contributed by atoms with E-state index >= 15 is 0 Å². The third-order valence-electron chi connectivity index (χ3n) is 2.08. The van der Waals surface area contributed by atoms with Crippen LogP contribution in [0.4, 0.5) is 4.79 Å². The van der Waals surface area contributed by atoms with Crippen molar-refractivity contribution in [3.8, 4) is 0 Å². The van der Waals surface area contributed by atoms with Gasteiger partial charge in [0, 0.05) is 18.1 Å². The second-order valence-electron chi connectivity index (χ2n) is 4.67. The highest BCUT2D eigenvalue weighted by molar-refractivity contribution is 7.99. The van der Waals surface area contributed by atoms with Gasteiger partial charge in [-0.1, -0.05) is 12.2 Å². The normalized spacial score (nSPS) is 21.7. The van der Waals surface area contributed by atoms with Gasteiger partial charge in [-0.3, -0.25) is 4.90 Å². The van der Waals surface area contributed by atoms with Crippen molar-refractivity contribution in [2.45, 2.75) is 32.4 Å². The molecule has 1 aliphatic heterocycles. The van der Waals surface area contributed by atoms with E-state index in [9.17, 15) is 4.79 Å². The van der Waals surface area contributed by atoms with Crippen LogP contribution in [-0.4, -0.2) is 45.7 Å². The summed E-state index contributed by atoms with van der Waals surface area (Å²) < 4.78 is 5.32. The molecule has 0 aliphatic carbocycles. The van der Waals surface area contributed by atoms with Crippen LogP contribution in [0.3, 0.4) is 0 Å². The number of hydrogen-bond acceptors (Lipinski definition) is 4. The van der Waals surface area contributed by atoms with Crippen LogP contribution in [0.5, 0.6) is 0 Å². The number of rotatable bonds is 1. The van der Waals surface area contributed by atoms with Crippen LogP contribution in [0.1, 0.15) is 20.8 Å². The molecule has 0 bridgehead atoms. The van der Waals surface area contributed by atoms with Gasteiger partial charge in [0.2, 0.25) is 0 Å². The predicted octanol–water partition coefficient (Wildman–Crippen LogP) is 1.62. The maximum atomic E-state index is 11.9. The molecular weight excluding hydrogens is 244 g/mol. The van der Waals surface area contributed by atoms with E-state index in [-0.39, 0.29) is 12.1 Å². The van der Waals surface area contributed by atoms with Crippen molar-refractivity contribution < 1.29 is 9.53 Å². The lowest BCUT2D eigenvalue weighted by Gasteiger charge is -2.35. The molecule has 1 saturated heterocycles. The number of amides is 1. The van der Waals surface area contributed by atoms with Gasteiger partial charge in [0.15, 0.2) is 0 Å². The zero-order valence-corrected chi connectivity index (χ0v) is 11.5. The maximum Gasteiger partial charge on any atom is 0.410 e. The van der Waals surface area contributed by atoms with E-state index in [1.807, 2.05) is 20.8 Å². The van der Waals surface area contributed by atoms with Gasteiger partial charge in [0.05, 0.1) is 11.0 Å². The molecule has 1 unspecified atom stereocenters. The number of hydrogen-bond donors (Lipinski definition) is 1. The summed E-state index contributed by atoms with van der Waals surface area (Å²) >= 11 is 6.72. The molecule has 0 aromatic carbocycles. The third-order valence-corrected chi connectivity index (χ3v) is 3.38. The Morgan fingerprint density at radius 3 is 2.69 bits per heavy atom. The van der Waals surface area contributed by atoms with Crippen LogP contribution in [0.2, 0.25) is 0 Å². The van der Waals surface area contributed by atoms with E-state index < -0.39 is 5.60 Å². The van der Waals surface area contributed by atoms with Crippen LogP contribution < -0.4 is 5.73 Å². The quantitative estimate of drug-likeness (QED) is 0.728. The monoisotopic (exact) mass is 262 g/mol. The highest BCUT2D eigenvalue weighted by Crippen LogP contribution is 2.19. The number of ether oxygens (including phenoxy) is 1. The zero-order chi connectivity index (χ0) is 12.3. The van der Waals surface area contributed by atoms with Crippen LogP contribution in [0, 0.1) is 0 Å². The van der Waals surface area contributed by atoms with Gasteiger partial charge in [0.1, 0.15) is 5.60 Å². The standard InChI is InChI=1S/C10H18N2O2S2/c1-10(2,3)14-9(13)12-4-5-16-6-7(12)8(11)15/h7H,4-6H2,1-3H3,(H2,11,15). The SMILES string of the molecule is CC(C)(C)OC(=O)N1CCSCC1C(N)=S. The zero-order valence-electron chi connectivity index (χ0n) is 9.86. The van der Waals surface area contributed by atoms with Gasteiger partial charge in [-0.15, -0.1) is 0 Å². The van der Waals surface area contributed by atoms with E-state index in [1.165, 1.54) is 0 Å². The molecule has 1 aliphatic rings. The van der Waals surface area contributed by atoms with Gasteiger partial charge in [-0.05, 0) is 20.8 Å². The maximum absolute atomic E-state index is 11.9. The van der Waals surface area contributed by atoms with E-state index in [2.05, 4.69) is 0 Å². The Kier molecular flexibility index (Phi) is 4.43. The first-order valence-corrected chi connectivity index (χ1v) is 6.74. The summed E-state index contributed by atoms with van der Waals surface area (Å²) in [5, 5.41) is 0. The lowest BCUT2D eigenvalue weighted by Crippen LogP contribution is -2.53. The molecule has 16 heavy (non-hydrogen) atoms. The van der Waals surface area contributed by atoms with E-state index in [1.54, 1.807) is 16.7 Å². The fraction of sp³-hybridized carbons (Fsp3) is 0.800. The molecule has 6 heteroatoms. The molecule has 1 atom stereocenters. The minimum Gasteiger partial charge on any atom is -0.444 e. The van der Waals surface area contributed by atoms with Crippen LogP contribution >= 0.6 is 24.0 Å². The largest absolute Gasteiger partial charge is 0.444 e. The number of nitrogens with zero attached hydrogens (tertiary/aromatic N) is 1. The highest BCUT2D eigenvalue weighted by Gasteiger charge is 2.32. The number of thioether (sulfide) groups is 1. The van der Waals surface area contributed by atoms with E-state index in [0.29, 0.717) is 11.5 Å². The minimum atomic E-state index is -0.484. The van der Waals surface area contributed by atoms with Crippen molar-refractivity contribution >= 4 is 35.1 Å². The summed E-state index contributed by atoms with van der Waals surface area (Å²) in [7, 11) is 0. The second-order valence-corrected chi connectivity index (χ2v) is 6.29. The van der Waals surface area contributed by atoms with Crippen molar-refractivity contribution in [3.05, 3.63) is 0 Å². The van der Waals surface area contributed by atoms with Gasteiger partial charge in [0.25, 0.3) is 0 Å². The Hall–Kier alpha value is -0.490. The molecule has 1 heterocycles. The summed E-state index contributed by atoms with van der Waals surface area (Å²) in [4.78, 5) is 13.9. The number of nitrogens with two attached hydrogens (primary N) is 1. The van der Waals surface area contributed by atoms with Crippen LogP contribution in [0.15, 0.2) is 0 Å². The van der Waals surface area contributed by atoms with Gasteiger partial charge < -0.3 is 10.5 Å². The topological polar surface area (TPSA) is 55.6 Å². The highest BCUT2D eigenvalue weighted by atomic mass is 32.2. The third kappa shape index (κ3) is 3.83. The molecule has 1 fully saturated rings. The molecule has 0 saturated carbocycles.